The smallest absolute Gasteiger partial charge is 0.0547 e. The molecule has 0 unspecified atom stereocenters. The van der Waals surface area contributed by atoms with Gasteiger partial charge in [-0.15, -0.1) is 0 Å². The Morgan fingerprint density at radius 3 is 1.86 bits per heavy atom. The molecule has 2 atom stereocenters. The monoisotopic (exact) mass is 295 g/mol. The van der Waals surface area contributed by atoms with E-state index in [1.54, 1.807) is 0 Å². The van der Waals surface area contributed by atoms with E-state index in [-0.39, 0.29) is 0 Å². The first-order valence-electron chi connectivity index (χ1n) is 8.17. The second-order valence-corrected chi connectivity index (χ2v) is 6.68. The molecule has 2 aromatic heterocycles. The van der Waals surface area contributed by atoms with Gasteiger partial charge in [-0.1, -0.05) is 19.1 Å². The Hall–Kier alpha value is -1.74. The topological polar surface area (TPSA) is 29.0 Å². The van der Waals surface area contributed by atoms with Crippen LogP contribution in [-0.2, 0) is 13.1 Å². The number of aryl methyl sites for hydroxylation is 2. The third kappa shape index (κ3) is 4.14. The standard InChI is InChI=1S/C19H25N3/c1-14-10-17(14)11-22(12-18-8-4-6-15(2)20-18)13-19-9-5-7-16(3)21-19/h4-9,14,17H,10-13H2,1-3H3/t14-,17-/m1/s1. The Morgan fingerprint density at radius 1 is 0.955 bits per heavy atom. The van der Waals surface area contributed by atoms with Crippen LogP contribution in [-0.4, -0.2) is 21.4 Å². The van der Waals surface area contributed by atoms with E-state index >= 15 is 0 Å². The molecule has 1 fully saturated rings. The molecule has 0 aliphatic heterocycles. The molecule has 0 spiro atoms. The lowest BCUT2D eigenvalue weighted by atomic mass is 10.2. The molecule has 1 aliphatic carbocycles. The van der Waals surface area contributed by atoms with Gasteiger partial charge in [0.25, 0.3) is 0 Å². The SMILES string of the molecule is Cc1cccc(CN(Cc2cccc(C)n2)C[C@H]2C[C@H]2C)n1. The lowest BCUT2D eigenvalue weighted by molar-refractivity contribution is 0.236. The Bertz CT molecular complexity index is 591. The minimum Gasteiger partial charge on any atom is -0.291 e. The lowest BCUT2D eigenvalue weighted by Gasteiger charge is -2.22. The molecule has 0 amide bonds. The number of pyridine rings is 2. The van der Waals surface area contributed by atoms with Crippen molar-refractivity contribution >= 4 is 0 Å². The summed E-state index contributed by atoms with van der Waals surface area (Å²) in [6, 6.07) is 12.6. The summed E-state index contributed by atoms with van der Waals surface area (Å²) in [6.07, 6.45) is 1.36. The Kier molecular flexibility index (Phi) is 4.53. The van der Waals surface area contributed by atoms with Crippen LogP contribution in [0.1, 0.15) is 36.1 Å². The lowest BCUT2D eigenvalue weighted by Crippen LogP contribution is -2.26. The molecule has 0 radical (unpaired) electrons. The van der Waals surface area contributed by atoms with Crippen molar-refractivity contribution < 1.29 is 0 Å². The zero-order chi connectivity index (χ0) is 15.5. The van der Waals surface area contributed by atoms with Gasteiger partial charge in [-0.25, -0.2) is 0 Å². The van der Waals surface area contributed by atoms with Crippen LogP contribution >= 0.6 is 0 Å². The third-order valence-electron chi connectivity index (χ3n) is 4.43. The molecule has 2 aromatic rings. The molecule has 1 aliphatic rings. The van der Waals surface area contributed by atoms with Crippen molar-refractivity contribution in [3.63, 3.8) is 0 Å². The summed E-state index contributed by atoms with van der Waals surface area (Å²) in [7, 11) is 0. The van der Waals surface area contributed by atoms with Crippen molar-refractivity contribution in [3.8, 4) is 0 Å². The molecule has 3 rings (SSSR count). The predicted molar refractivity (Wildman–Crippen MR) is 89.3 cm³/mol. The van der Waals surface area contributed by atoms with Crippen LogP contribution in [0.2, 0.25) is 0 Å². The summed E-state index contributed by atoms with van der Waals surface area (Å²) in [5, 5.41) is 0. The van der Waals surface area contributed by atoms with E-state index < -0.39 is 0 Å². The van der Waals surface area contributed by atoms with Crippen molar-refractivity contribution in [1.29, 1.82) is 0 Å². The molecule has 0 aromatic carbocycles. The molecule has 3 heteroatoms. The molecule has 3 nitrogen and oxygen atoms in total. The Balaban J connectivity index is 1.71. The van der Waals surface area contributed by atoms with Crippen molar-refractivity contribution in [2.24, 2.45) is 11.8 Å². The van der Waals surface area contributed by atoms with Gasteiger partial charge < -0.3 is 0 Å². The summed E-state index contributed by atoms with van der Waals surface area (Å²) < 4.78 is 0. The minimum absolute atomic E-state index is 0.842. The molecular formula is C19H25N3. The summed E-state index contributed by atoms with van der Waals surface area (Å²) >= 11 is 0. The first-order chi connectivity index (χ1) is 10.6. The fourth-order valence-corrected chi connectivity index (χ4v) is 3.00. The molecular weight excluding hydrogens is 270 g/mol. The predicted octanol–water partition coefficient (Wildman–Crippen LogP) is 3.75. The maximum atomic E-state index is 4.66. The molecule has 0 N–H and O–H groups in total. The van der Waals surface area contributed by atoms with E-state index in [1.807, 2.05) is 0 Å². The molecule has 0 saturated heterocycles. The normalized spacial score (nSPS) is 20.4. The second-order valence-electron chi connectivity index (χ2n) is 6.68. The third-order valence-corrected chi connectivity index (χ3v) is 4.43. The summed E-state index contributed by atoms with van der Waals surface area (Å²) in [5.41, 5.74) is 4.48. The first kappa shape index (κ1) is 15.2. The van der Waals surface area contributed by atoms with Crippen molar-refractivity contribution in [2.75, 3.05) is 6.54 Å². The number of hydrogen-bond acceptors (Lipinski definition) is 3. The van der Waals surface area contributed by atoms with Gasteiger partial charge in [-0.05, 0) is 56.4 Å². The van der Waals surface area contributed by atoms with E-state index in [0.717, 1.165) is 54.2 Å². The van der Waals surface area contributed by atoms with Crippen LogP contribution in [0, 0.1) is 25.7 Å². The van der Waals surface area contributed by atoms with Gasteiger partial charge in [0.1, 0.15) is 0 Å². The molecule has 116 valence electrons. The Labute approximate surface area is 133 Å². The summed E-state index contributed by atoms with van der Waals surface area (Å²) in [5.74, 6) is 1.72. The van der Waals surface area contributed by atoms with Gasteiger partial charge in [0.2, 0.25) is 0 Å². The van der Waals surface area contributed by atoms with Crippen LogP contribution in [0.25, 0.3) is 0 Å². The average molecular weight is 295 g/mol. The quantitative estimate of drug-likeness (QED) is 0.812. The second kappa shape index (κ2) is 6.57. The van der Waals surface area contributed by atoms with Crippen molar-refractivity contribution in [2.45, 2.75) is 40.3 Å². The first-order valence-corrected chi connectivity index (χ1v) is 8.17. The highest BCUT2D eigenvalue weighted by atomic mass is 15.1. The van der Waals surface area contributed by atoms with Gasteiger partial charge >= 0.3 is 0 Å². The van der Waals surface area contributed by atoms with Crippen LogP contribution in [0.15, 0.2) is 36.4 Å². The van der Waals surface area contributed by atoms with Gasteiger partial charge in [-0.2, -0.15) is 0 Å². The largest absolute Gasteiger partial charge is 0.291 e. The number of hydrogen-bond donors (Lipinski definition) is 0. The zero-order valence-corrected chi connectivity index (χ0v) is 13.8. The fourth-order valence-electron chi connectivity index (χ4n) is 3.00. The van der Waals surface area contributed by atoms with E-state index in [0.29, 0.717) is 0 Å². The van der Waals surface area contributed by atoms with E-state index in [2.05, 4.69) is 72.0 Å². The van der Waals surface area contributed by atoms with Gasteiger partial charge in [0.05, 0.1) is 11.4 Å². The fraction of sp³-hybridized carbons (Fsp3) is 0.474. The van der Waals surface area contributed by atoms with Crippen LogP contribution in [0.5, 0.6) is 0 Å². The molecule has 1 saturated carbocycles. The van der Waals surface area contributed by atoms with Crippen LogP contribution in [0.3, 0.4) is 0 Å². The summed E-state index contributed by atoms with van der Waals surface area (Å²) in [6.45, 7) is 9.41. The minimum atomic E-state index is 0.842. The van der Waals surface area contributed by atoms with E-state index in [1.165, 1.54) is 6.42 Å². The van der Waals surface area contributed by atoms with Gasteiger partial charge in [0.15, 0.2) is 0 Å². The zero-order valence-electron chi connectivity index (χ0n) is 13.8. The maximum absolute atomic E-state index is 4.66. The molecule has 0 bridgehead atoms. The summed E-state index contributed by atoms with van der Waals surface area (Å²) in [4.78, 5) is 11.8. The molecule has 2 heterocycles. The van der Waals surface area contributed by atoms with Crippen molar-refractivity contribution in [1.82, 2.24) is 14.9 Å². The number of aromatic nitrogens is 2. The Morgan fingerprint density at radius 2 is 1.45 bits per heavy atom. The number of nitrogens with zero attached hydrogens (tertiary/aromatic N) is 3. The maximum Gasteiger partial charge on any atom is 0.0547 e. The van der Waals surface area contributed by atoms with E-state index in [9.17, 15) is 0 Å². The van der Waals surface area contributed by atoms with Crippen molar-refractivity contribution in [3.05, 3.63) is 59.2 Å². The highest BCUT2D eigenvalue weighted by Crippen LogP contribution is 2.38. The van der Waals surface area contributed by atoms with Crippen LogP contribution < -0.4 is 0 Å². The number of rotatable bonds is 6. The van der Waals surface area contributed by atoms with Gasteiger partial charge in [-0.3, -0.25) is 14.9 Å². The van der Waals surface area contributed by atoms with Crippen LogP contribution in [0.4, 0.5) is 0 Å². The molecule has 22 heavy (non-hydrogen) atoms. The highest BCUT2D eigenvalue weighted by molar-refractivity contribution is 5.12. The average Bonchev–Trinajstić information content (AvgIpc) is 3.14. The van der Waals surface area contributed by atoms with Gasteiger partial charge in [0, 0.05) is 31.0 Å². The van der Waals surface area contributed by atoms with E-state index in [4.69, 9.17) is 0 Å². The highest BCUT2D eigenvalue weighted by Gasteiger charge is 2.34.